The highest BCUT2D eigenvalue weighted by molar-refractivity contribution is 7.66. The maximum atomic E-state index is 12.3. The summed E-state index contributed by atoms with van der Waals surface area (Å²) in [4.78, 5) is 50.0. The van der Waals surface area contributed by atoms with E-state index in [1.807, 2.05) is 0 Å². The Bertz CT molecular complexity index is 1150. The van der Waals surface area contributed by atoms with Gasteiger partial charge in [-0.2, -0.15) is 13.6 Å². The summed E-state index contributed by atoms with van der Waals surface area (Å²) in [6, 6.07) is 1.26. The number of phosphoric ester groups is 1. The molecule has 0 spiro atoms. The second-order valence-electron chi connectivity index (χ2n) is 6.39. The minimum atomic E-state index is -5.73. The molecule has 20 heteroatoms. The molecule has 0 aromatic carbocycles. The van der Waals surface area contributed by atoms with E-state index in [0.29, 0.717) is 0 Å². The van der Waals surface area contributed by atoms with Gasteiger partial charge >= 0.3 is 29.2 Å². The van der Waals surface area contributed by atoms with Crippen LogP contribution in [-0.2, 0) is 31.6 Å². The van der Waals surface area contributed by atoms with Crippen molar-refractivity contribution in [2.45, 2.75) is 24.1 Å². The molecule has 1 fully saturated rings. The molecule has 2 rings (SSSR count). The average Bonchev–Trinajstić information content (AvgIpc) is 2.88. The molecule has 6 atom stereocenters. The van der Waals surface area contributed by atoms with Crippen LogP contribution in [0.3, 0.4) is 0 Å². The number of nitrogen functional groups attached to an aromatic ring is 1. The monoisotopic (exact) mass is 553 g/mol. The van der Waals surface area contributed by atoms with Crippen LogP contribution < -0.4 is 11.4 Å². The molecule has 4 unspecified atom stereocenters. The zero-order valence-corrected chi connectivity index (χ0v) is 19.9. The van der Waals surface area contributed by atoms with E-state index < -0.39 is 65.5 Å². The Kier molecular flexibility index (Phi) is 8.71. The van der Waals surface area contributed by atoms with E-state index in [1.165, 1.54) is 19.2 Å². The average molecular weight is 554 g/mol. The van der Waals surface area contributed by atoms with Gasteiger partial charge in [-0.3, -0.25) is 9.09 Å². The quantitative estimate of drug-likeness (QED) is 0.130. The van der Waals surface area contributed by atoms with Gasteiger partial charge in [0.15, 0.2) is 11.1 Å². The third-order valence-electron chi connectivity index (χ3n) is 4.09. The van der Waals surface area contributed by atoms with Gasteiger partial charge < -0.3 is 35.2 Å². The topological polar surface area (TPSA) is 250 Å². The molecular weight excluding hydrogens is 535 g/mol. The number of rotatable bonds is 9. The van der Waals surface area contributed by atoms with Crippen LogP contribution in [0.1, 0.15) is 13.2 Å². The highest BCUT2D eigenvalue weighted by Gasteiger charge is 2.56. The molecule has 0 radical (unpaired) electrons. The van der Waals surface area contributed by atoms with Crippen molar-refractivity contribution < 1.29 is 56.3 Å². The molecule has 7 N–H and O–H groups in total. The first-order valence-corrected chi connectivity index (χ1v) is 13.5. The predicted octanol–water partition coefficient (Wildman–Crippen LogP) is -0.324. The van der Waals surface area contributed by atoms with E-state index in [4.69, 9.17) is 31.9 Å². The van der Waals surface area contributed by atoms with Crippen molar-refractivity contribution in [3.05, 3.63) is 22.7 Å². The lowest BCUT2D eigenvalue weighted by Crippen LogP contribution is -2.41. The lowest BCUT2D eigenvalue weighted by Gasteiger charge is -2.27. The molecular formula is C13H19ClN3O13P3. The molecule has 33 heavy (non-hydrogen) atoms. The maximum Gasteiger partial charge on any atom is 0.490 e. The molecule has 1 aromatic rings. The van der Waals surface area contributed by atoms with Gasteiger partial charge in [0.2, 0.25) is 0 Å². The molecule has 16 nitrogen and oxygen atoms in total. The Hall–Kier alpha value is -1.14. The van der Waals surface area contributed by atoms with Crippen molar-refractivity contribution in [2.24, 2.45) is 5.92 Å². The van der Waals surface area contributed by atoms with Crippen molar-refractivity contribution in [2.75, 3.05) is 18.9 Å². The van der Waals surface area contributed by atoms with Crippen LogP contribution in [0.25, 0.3) is 0 Å². The van der Waals surface area contributed by atoms with E-state index in [0.717, 1.165) is 4.57 Å². The summed E-state index contributed by atoms with van der Waals surface area (Å²) in [6.45, 7) is -0.211. The number of aliphatic hydroxyl groups is 1. The third kappa shape index (κ3) is 7.17. The van der Waals surface area contributed by atoms with Crippen molar-refractivity contribution >= 4 is 40.9 Å². The van der Waals surface area contributed by atoms with E-state index >= 15 is 0 Å². The molecule has 1 aromatic heterocycles. The van der Waals surface area contributed by atoms with E-state index in [2.05, 4.69) is 30.0 Å². The molecule has 0 saturated carbocycles. The van der Waals surface area contributed by atoms with Crippen molar-refractivity contribution in [1.29, 1.82) is 0 Å². The van der Waals surface area contributed by atoms with Gasteiger partial charge in [0, 0.05) is 12.1 Å². The van der Waals surface area contributed by atoms with Crippen LogP contribution >= 0.6 is 35.1 Å². The van der Waals surface area contributed by atoms with Gasteiger partial charge in [0.05, 0.1) is 19.3 Å². The first kappa shape index (κ1) is 28.1. The summed E-state index contributed by atoms with van der Waals surface area (Å²) in [6.07, 6.45) is -1.53. The largest absolute Gasteiger partial charge is 0.490 e. The van der Waals surface area contributed by atoms with Crippen LogP contribution in [0.5, 0.6) is 0 Å². The Morgan fingerprint density at radius 2 is 1.91 bits per heavy atom. The van der Waals surface area contributed by atoms with Crippen LogP contribution in [-0.4, -0.2) is 58.4 Å². The number of halogens is 1. The zero-order valence-electron chi connectivity index (χ0n) is 16.5. The number of alkyl halides is 1. The van der Waals surface area contributed by atoms with Crippen LogP contribution in [0.15, 0.2) is 17.1 Å². The van der Waals surface area contributed by atoms with Gasteiger partial charge in [0.25, 0.3) is 0 Å². The lowest BCUT2D eigenvalue weighted by atomic mass is 9.89. The van der Waals surface area contributed by atoms with Gasteiger partial charge in [-0.05, 0) is 13.0 Å². The highest BCUT2D eigenvalue weighted by Crippen LogP contribution is 2.66. The van der Waals surface area contributed by atoms with Crippen LogP contribution in [0.4, 0.5) is 5.82 Å². The fraction of sp³-hybridized carbons (Fsp3) is 0.538. The number of ether oxygens (including phenoxy) is 1. The van der Waals surface area contributed by atoms with E-state index in [9.17, 15) is 33.4 Å². The van der Waals surface area contributed by atoms with E-state index in [-0.39, 0.29) is 5.82 Å². The predicted molar refractivity (Wildman–Crippen MR) is 109 cm³/mol. The Balaban J connectivity index is 2.28. The SMILES string of the molecule is CC#CC1(Cl)C(CO)[C@@H](COP(=O)(O)OP(=O)(O)OP(=O)(O)O)O[C@H]1n1ccc(N)nc1=O. The second kappa shape index (κ2) is 10.2. The minimum absolute atomic E-state index is 0.0982. The number of aromatic nitrogens is 2. The van der Waals surface area contributed by atoms with Crippen LogP contribution in [0.2, 0.25) is 0 Å². The fourth-order valence-electron chi connectivity index (χ4n) is 2.91. The standard InChI is InChI=1S/C13H19ClN3O13P3/c1-2-4-13(14)8(6-18)9(28-11(13)17-5-3-10(15)16-12(17)19)7-27-32(23,24)30-33(25,26)29-31(20,21)22/h3,5,8-9,11,18H,6-7H2,1H3,(H,23,24)(H,25,26)(H2,15,16,19)(H2,20,21,22)/t8?,9-,11-,13?/m1/s1. The Morgan fingerprint density at radius 1 is 1.27 bits per heavy atom. The number of aliphatic hydroxyl groups excluding tert-OH is 1. The summed E-state index contributed by atoms with van der Waals surface area (Å²) < 4.78 is 52.5. The van der Waals surface area contributed by atoms with Gasteiger partial charge in [-0.1, -0.05) is 17.5 Å². The molecule has 2 heterocycles. The molecule has 186 valence electrons. The van der Waals surface area contributed by atoms with Gasteiger partial charge in [-0.25, -0.2) is 18.5 Å². The van der Waals surface area contributed by atoms with Gasteiger partial charge in [0.1, 0.15) is 5.82 Å². The highest BCUT2D eigenvalue weighted by atomic mass is 35.5. The zero-order chi connectivity index (χ0) is 25.2. The Morgan fingerprint density at radius 3 is 2.42 bits per heavy atom. The van der Waals surface area contributed by atoms with Gasteiger partial charge in [-0.15, -0.1) is 5.92 Å². The summed E-state index contributed by atoms with van der Waals surface area (Å²) in [5.41, 5.74) is 4.57. The van der Waals surface area contributed by atoms with Crippen molar-refractivity contribution in [3.63, 3.8) is 0 Å². The smallest absolute Gasteiger partial charge is 0.396 e. The number of nitrogens with zero attached hydrogens (tertiary/aromatic N) is 2. The summed E-state index contributed by atoms with van der Waals surface area (Å²) in [5.74, 6) is 3.89. The van der Waals surface area contributed by atoms with E-state index in [1.54, 1.807) is 0 Å². The second-order valence-corrected chi connectivity index (χ2v) is 11.4. The Labute approximate surface area is 190 Å². The number of hydrogen-bond acceptors (Lipinski definition) is 11. The maximum absolute atomic E-state index is 12.3. The number of phosphoric acid groups is 3. The normalized spacial score (nSPS) is 29.0. The first-order valence-electron chi connectivity index (χ1n) is 8.56. The molecule has 0 bridgehead atoms. The molecule has 1 aliphatic heterocycles. The molecule has 1 saturated heterocycles. The summed E-state index contributed by atoms with van der Waals surface area (Å²) in [5, 5.41) is 9.86. The third-order valence-corrected chi connectivity index (χ3v) is 8.45. The molecule has 0 aliphatic carbocycles. The lowest BCUT2D eigenvalue weighted by molar-refractivity contribution is -0.0373. The van der Waals surface area contributed by atoms with Crippen molar-refractivity contribution in [1.82, 2.24) is 9.55 Å². The summed E-state index contributed by atoms with van der Waals surface area (Å²) in [7, 11) is -16.8. The summed E-state index contributed by atoms with van der Waals surface area (Å²) >= 11 is 6.59. The number of anilines is 1. The fourth-order valence-corrected chi connectivity index (χ4v) is 6.40. The minimum Gasteiger partial charge on any atom is -0.396 e. The molecule has 1 aliphatic rings. The van der Waals surface area contributed by atoms with Crippen molar-refractivity contribution in [3.8, 4) is 11.8 Å². The van der Waals surface area contributed by atoms with Crippen LogP contribution in [0, 0.1) is 17.8 Å². The number of nitrogens with two attached hydrogens (primary N) is 1. The molecule has 0 amide bonds. The number of hydrogen-bond donors (Lipinski definition) is 6. The first-order chi connectivity index (χ1) is 15.0.